The van der Waals surface area contributed by atoms with Crippen LogP contribution in [-0.2, 0) is 10.4 Å². The number of ether oxygens (including phenoxy) is 2. The molecule has 5 nitrogen and oxygen atoms in total. The Labute approximate surface area is 154 Å². The van der Waals surface area contributed by atoms with Crippen molar-refractivity contribution in [2.75, 3.05) is 32.2 Å². The molecule has 0 radical (unpaired) electrons. The van der Waals surface area contributed by atoms with E-state index in [2.05, 4.69) is 12.2 Å². The van der Waals surface area contributed by atoms with Crippen LogP contribution in [-0.4, -0.2) is 37.7 Å². The van der Waals surface area contributed by atoms with Crippen LogP contribution in [0.1, 0.15) is 36.2 Å². The zero-order valence-electron chi connectivity index (χ0n) is 15.6. The van der Waals surface area contributed by atoms with Crippen LogP contribution in [0, 0.1) is 0 Å². The zero-order chi connectivity index (χ0) is 18.6. The number of methoxy groups -OCH3 is 1. The van der Waals surface area contributed by atoms with Gasteiger partial charge in [0.05, 0.1) is 12.2 Å². The standard InChI is InChI=1S/C21H26N2O3/c1-4-21(16-10-12-17(13-11-16)26-15-14-25-3)22-19-9-7-6-8-18(19)20(24)23(21)5-2/h6-13,22H,4-5,14-15H2,1-3H3. The molecule has 2 aromatic carbocycles. The maximum atomic E-state index is 13.1. The van der Waals surface area contributed by atoms with Gasteiger partial charge in [0, 0.05) is 19.3 Å². The molecule has 1 atom stereocenters. The summed E-state index contributed by atoms with van der Waals surface area (Å²) in [6.07, 6.45) is 0.755. The van der Waals surface area contributed by atoms with Crippen LogP contribution in [0.4, 0.5) is 5.69 Å². The predicted molar refractivity (Wildman–Crippen MR) is 103 cm³/mol. The summed E-state index contributed by atoms with van der Waals surface area (Å²) in [5.74, 6) is 0.853. The largest absolute Gasteiger partial charge is 0.491 e. The van der Waals surface area contributed by atoms with Gasteiger partial charge >= 0.3 is 0 Å². The second-order valence-corrected chi connectivity index (χ2v) is 6.30. The third kappa shape index (κ3) is 3.15. The number of carbonyl (C=O) groups excluding carboxylic acids is 1. The van der Waals surface area contributed by atoms with Crippen molar-refractivity contribution in [3.63, 3.8) is 0 Å². The highest BCUT2D eigenvalue weighted by Crippen LogP contribution is 2.40. The number of carbonyl (C=O) groups is 1. The number of benzene rings is 2. The fourth-order valence-corrected chi connectivity index (χ4v) is 3.58. The van der Waals surface area contributed by atoms with E-state index < -0.39 is 5.66 Å². The minimum absolute atomic E-state index is 0.0594. The van der Waals surface area contributed by atoms with Crippen molar-refractivity contribution < 1.29 is 14.3 Å². The molecule has 1 heterocycles. The molecule has 0 bridgehead atoms. The summed E-state index contributed by atoms with van der Waals surface area (Å²) < 4.78 is 10.7. The third-order valence-corrected chi connectivity index (χ3v) is 4.92. The first-order chi connectivity index (χ1) is 12.7. The van der Waals surface area contributed by atoms with Crippen molar-refractivity contribution in [2.24, 2.45) is 0 Å². The monoisotopic (exact) mass is 354 g/mol. The molecule has 0 saturated carbocycles. The van der Waals surface area contributed by atoms with Gasteiger partial charge in [-0.3, -0.25) is 4.79 Å². The summed E-state index contributed by atoms with van der Waals surface area (Å²) in [7, 11) is 1.65. The lowest BCUT2D eigenvalue weighted by atomic mass is 9.89. The quantitative estimate of drug-likeness (QED) is 0.767. The number of anilines is 1. The van der Waals surface area contributed by atoms with Crippen molar-refractivity contribution in [3.8, 4) is 5.75 Å². The van der Waals surface area contributed by atoms with Gasteiger partial charge in [-0.05, 0) is 43.2 Å². The Morgan fingerprint density at radius 1 is 1.04 bits per heavy atom. The summed E-state index contributed by atoms with van der Waals surface area (Å²) >= 11 is 0. The van der Waals surface area contributed by atoms with E-state index in [-0.39, 0.29) is 5.91 Å². The summed E-state index contributed by atoms with van der Waals surface area (Å²) in [6.45, 7) is 5.80. The average molecular weight is 354 g/mol. The molecule has 2 aromatic rings. The highest BCUT2D eigenvalue weighted by Gasteiger charge is 2.43. The number of amides is 1. The van der Waals surface area contributed by atoms with Crippen LogP contribution < -0.4 is 10.1 Å². The molecule has 0 saturated heterocycles. The Bertz CT molecular complexity index is 760. The Balaban J connectivity index is 1.96. The lowest BCUT2D eigenvalue weighted by molar-refractivity contribution is 0.0503. The molecule has 1 unspecified atom stereocenters. The van der Waals surface area contributed by atoms with Crippen molar-refractivity contribution in [1.82, 2.24) is 4.90 Å². The van der Waals surface area contributed by atoms with Crippen molar-refractivity contribution in [2.45, 2.75) is 25.9 Å². The Kier molecular flexibility index (Phi) is 5.47. The van der Waals surface area contributed by atoms with E-state index in [1.54, 1.807) is 7.11 Å². The fraction of sp³-hybridized carbons (Fsp3) is 0.381. The van der Waals surface area contributed by atoms with Gasteiger partial charge in [0.1, 0.15) is 18.0 Å². The second-order valence-electron chi connectivity index (χ2n) is 6.30. The van der Waals surface area contributed by atoms with Gasteiger partial charge in [-0.25, -0.2) is 0 Å². The van der Waals surface area contributed by atoms with E-state index >= 15 is 0 Å². The van der Waals surface area contributed by atoms with Gasteiger partial charge in [0.15, 0.2) is 0 Å². The lowest BCUT2D eigenvalue weighted by Crippen LogP contribution is -2.57. The van der Waals surface area contributed by atoms with E-state index in [1.165, 1.54) is 0 Å². The summed E-state index contributed by atoms with van der Waals surface area (Å²) in [6, 6.07) is 15.6. The molecule has 3 rings (SSSR count). The maximum Gasteiger partial charge on any atom is 0.258 e. The first-order valence-electron chi connectivity index (χ1n) is 9.07. The number of fused-ring (bicyclic) bond motifs is 1. The first-order valence-corrected chi connectivity index (χ1v) is 9.07. The molecule has 5 heteroatoms. The van der Waals surface area contributed by atoms with E-state index in [1.807, 2.05) is 60.4 Å². The van der Waals surface area contributed by atoms with Crippen LogP contribution in [0.25, 0.3) is 0 Å². The topological polar surface area (TPSA) is 50.8 Å². The summed E-state index contributed by atoms with van der Waals surface area (Å²) in [4.78, 5) is 15.0. The molecule has 1 N–H and O–H groups in total. The van der Waals surface area contributed by atoms with E-state index in [9.17, 15) is 4.79 Å². The number of hydrogen-bond acceptors (Lipinski definition) is 4. The van der Waals surface area contributed by atoms with E-state index in [0.717, 1.165) is 29.0 Å². The number of nitrogens with zero attached hydrogens (tertiary/aromatic N) is 1. The third-order valence-electron chi connectivity index (χ3n) is 4.92. The van der Waals surface area contributed by atoms with Crippen LogP contribution >= 0.6 is 0 Å². The normalized spacial score (nSPS) is 19.0. The molecule has 1 aliphatic rings. The average Bonchev–Trinajstić information content (AvgIpc) is 2.68. The zero-order valence-corrected chi connectivity index (χ0v) is 15.6. The molecule has 138 valence electrons. The van der Waals surface area contributed by atoms with Gasteiger partial charge < -0.3 is 19.7 Å². The Hall–Kier alpha value is -2.53. The lowest BCUT2D eigenvalue weighted by Gasteiger charge is -2.48. The van der Waals surface area contributed by atoms with Crippen molar-refractivity contribution in [1.29, 1.82) is 0 Å². The predicted octanol–water partition coefficient (Wildman–Crippen LogP) is 3.86. The van der Waals surface area contributed by atoms with Crippen molar-refractivity contribution in [3.05, 3.63) is 59.7 Å². The van der Waals surface area contributed by atoms with Gasteiger partial charge in [-0.2, -0.15) is 0 Å². The smallest absolute Gasteiger partial charge is 0.258 e. The Morgan fingerprint density at radius 3 is 2.42 bits per heavy atom. The first kappa shape index (κ1) is 18.3. The minimum atomic E-state index is -0.564. The van der Waals surface area contributed by atoms with E-state index in [4.69, 9.17) is 9.47 Å². The van der Waals surface area contributed by atoms with Crippen LogP contribution in [0.5, 0.6) is 5.75 Å². The fourth-order valence-electron chi connectivity index (χ4n) is 3.58. The Morgan fingerprint density at radius 2 is 1.77 bits per heavy atom. The van der Waals surface area contributed by atoms with Gasteiger partial charge in [-0.1, -0.05) is 31.2 Å². The van der Waals surface area contributed by atoms with Crippen molar-refractivity contribution >= 4 is 11.6 Å². The molecule has 0 aliphatic carbocycles. The molecule has 0 fully saturated rings. The van der Waals surface area contributed by atoms with Crippen LogP contribution in [0.3, 0.4) is 0 Å². The molecule has 26 heavy (non-hydrogen) atoms. The number of rotatable bonds is 7. The summed E-state index contributed by atoms with van der Waals surface area (Å²) in [5.41, 5.74) is 2.08. The van der Waals surface area contributed by atoms with Gasteiger partial charge in [0.25, 0.3) is 5.91 Å². The highest BCUT2D eigenvalue weighted by molar-refractivity contribution is 6.02. The molecular weight excluding hydrogens is 328 g/mol. The second kappa shape index (κ2) is 7.79. The minimum Gasteiger partial charge on any atom is -0.491 e. The number of nitrogens with one attached hydrogen (secondary N) is 1. The molecule has 1 amide bonds. The van der Waals surface area contributed by atoms with E-state index in [0.29, 0.717) is 19.8 Å². The SMILES string of the molecule is CCN1C(=O)c2ccccc2NC1(CC)c1ccc(OCCOC)cc1. The number of para-hydroxylation sites is 1. The molecule has 0 spiro atoms. The van der Waals surface area contributed by atoms with Gasteiger partial charge in [-0.15, -0.1) is 0 Å². The summed E-state index contributed by atoms with van der Waals surface area (Å²) in [5, 5.41) is 3.62. The van der Waals surface area contributed by atoms with Crippen LogP contribution in [0.15, 0.2) is 48.5 Å². The maximum absolute atomic E-state index is 13.1. The molecule has 1 aliphatic heterocycles. The molecule has 0 aromatic heterocycles. The van der Waals surface area contributed by atoms with Gasteiger partial charge in [0.2, 0.25) is 0 Å². The number of hydrogen-bond donors (Lipinski definition) is 1. The molecular formula is C21H26N2O3. The highest BCUT2D eigenvalue weighted by atomic mass is 16.5. The van der Waals surface area contributed by atoms with Crippen LogP contribution in [0.2, 0.25) is 0 Å².